The highest BCUT2D eigenvalue weighted by molar-refractivity contribution is 5.85. The van der Waals surface area contributed by atoms with Crippen molar-refractivity contribution in [3.8, 4) is 11.6 Å². The monoisotopic (exact) mass is 469 g/mol. The Bertz CT molecular complexity index is 1140. The van der Waals surface area contributed by atoms with Gasteiger partial charge in [-0.3, -0.25) is 4.90 Å². The number of nitrogens with two attached hydrogens (primary N) is 1. The van der Waals surface area contributed by atoms with Gasteiger partial charge in [-0.2, -0.15) is 9.50 Å². The minimum absolute atomic E-state index is 0. The highest BCUT2D eigenvalue weighted by Crippen LogP contribution is 2.22. The summed E-state index contributed by atoms with van der Waals surface area (Å²) in [6, 6.07) is 15.9. The second-order valence-corrected chi connectivity index (χ2v) is 7.88. The molecule has 3 aromatic heterocycles. The number of hydrogen-bond donors (Lipinski definition) is 1. The Morgan fingerprint density at radius 2 is 1.82 bits per heavy atom. The Hall–Kier alpha value is -3.14. The minimum atomic E-state index is 0. The summed E-state index contributed by atoms with van der Waals surface area (Å²) in [5, 5.41) is 4.41. The maximum absolute atomic E-state index is 6.16. The molecule has 9 nitrogen and oxygen atoms in total. The third kappa shape index (κ3) is 5.44. The van der Waals surface area contributed by atoms with Crippen molar-refractivity contribution in [3.63, 3.8) is 0 Å². The molecule has 10 heteroatoms. The van der Waals surface area contributed by atoms with E-state index in [9.17, 15) is 0 Å². The summed E-state index contributed by atoms with van der Waals surface area (Å²) in [5.74, 6) is 2.26. The molecule has 174 valence electrons. The molecule has 2 N–H and O–H groups in total. The van der Waals surface area contributed by atoms with Crippen LogP contribution in [0.5, 0.6) is 0 Å². The topological polar surface area (TPSA) is 98.0 Å². The lowest BCUT2D eigenvalue weighted by Crippen LogP contribution is -2.47. The lowest BCUT2D eigenvalue weighted by Gasteiger charge is -2.35. The number of furan rings is 1. The molecule has 0 aliphatic carbocycles. The molecule has 0 atom stereocenters. The molecule has 1 aliphatic rings. The predicted molar refractivity (Wildman–Crippen MR) is 130 cm³/mol. The molecule has 4 heterocycles. The summed E-state index contributed by atoms with van der Waals surface area (Å²) < 4.78 is 12.7. The van der Waals surface area contributed by atoms with Crippen LogP contribution in [-0.2, 0) is 11.3 Å². The van der Waals surface area contributed by atoms with Gasteiger partial charge in [-0.05, 0) is 24.1 Å². The number of piperazine rings is 1. The second-order valence-electron chi connectivity index (χ2n) is 7.88. The van der Waals surface area contributed by atoms with E-state index in [1.807, 2.05) is 36.4 Å². The Balaban J connectivity index is 0.00000259. The second kappa shape index (κ2) is 10.7. The number of aromatic nitrogens is 4. The van der Waals surface area contributed by atoms with Crippen LogP contribution in [0.3, 0.4) is 0 Å². The van der Waals surface area contributed by atoms with Gasteiger partial charge in [0.2, 0.25) is 11.8 Å². The normalized spacial score (nSPS) is 14.5. The van der Waals surface area contributed by atoms with Crippen molar-refractivity contribution in [2.75, 3.05) is 50.0 Å². The van der Waals surface area contributed by atoms with Gasteiger partial charge in [-0.15, -0.1) is 17.5 Å². The average molecular weight is 470 g/mol. The van der Waals surface area contributed by atoms with Crippen LogP contribution in [0.2, 0.25) is 0 Å². The summed E-state index contributed by atoms with van der Waals surface area (Å²) in [7, 11) is 0. The van der Waals surface area contributed by atoms with Gasteiger partial charge in [0.1, 0.15) is 5.82 Å². The maximum Gasteiger partial charge on any atom is 0.225 e. The Kier molecular flexibility index (Phi) is 7.43. The van der Waals surface area contributed by atoms with E-state index < -0.39 is 0 Å². The van der Waals surface area contributed by atoms with Crippen LogP contribution in [0.25, 0.3) is 17.2 Å². The zero-order chi connectivity index (χ0) is 21.8. The molecule has 0 amide bonds. The van der Waals surface area contributed by atoms with E-state index in [0.717, 1.165) is 51.6 Å². The number of nitrogens with zero attached hydrogens (tertiary/aromatic N) is 6. The first-order valence-corrected chi connectivity index (χ1v) is 10.9. The van der Waals surface area contributed by atoms with Gasteiger partial charge in [0.15, 0.2) is 11.4 Å². The summed E-state index contributed by atoms with van der Waals surface area (Å²) in [4.78, 5) is 13.8. The fourth-order valence-corrected chi connectivity index (χ4v) is 3.93. The number of anilines is 2. The van der Waals surface area contributed by atoms with Gasteiger partial charge < -0.3 is 19.8 Å². The molecule has 0 bridgehead atoms. The first-order valence-electron chi connectivity index (χ1n) is 10.9. The summed E-state index contributed by atoms with van der Waals surface area (Å²) in [5.41, 5.74) is 8.04. The Labute approximate surface area is 198 Å². The van der Waals surface area contributed by atoms with Gasteiger partial charge in [0, 0.05) is 45.4 Å². The number of fused-ring (bicyclic) bond motifs is 1. The van der Waals surface area contributed by atoms with E-state index in [4.69, 9.17) is 14.9 Å². The third-order valence-corrected chi connectivity index (χ3v) is 5.65. The van der Waals surface area contributed by atoms with E-state index in [1.54, 1.807) is 10.8 Å². The molecule has 0 radical (unpaired) electrons. The predicted octanol–water partition coefficient (Wildman–Crippen LogP) is 3.12. The van der Waals surface area contributed by atoms with Crippen molar-refractivity contribution in [2.45, 2.75) is 13.0 Å². The zero-order valence-corrected chi connectivity index (χ0v) is 19.2. The standard InChI is InChI=1S/C23H27N7O2.ClH/c24-23-26-20(16-21-25-22(27-30(21)23)19-8-4-15-32-19)29-12-10-28(11-13-29)9-5-14-31-17-18-6-2-1-3-7-18;/h1-4,6-8,15-16H,5,9-14,17H2,(H2,24,26);1H. The number of ether oxygens (including phenoxy) is 1. The SMILES string of the molecule is Cl.Nc1nc(N2CCN(CCCOCc3ccccc3)CC2)cc2nc(-c3ccco3)nn12. The fraction of sp³-hybridized carbons (Fsp3) is 0.348. The molecule has 33 heavy (non-hydrogen) atoms. The van der Waals surface area contributed by atoms with Crippen molar-refractivity contribution in [3.05, 3.63) is 60.4 Å². The van der Waals surface area contributed by atoms with Crippen molar-refractivity contribution in [1.82, 2.24) is 24.5 Å². The number of hydrogen-bond acceptors (Lipinski definition) is 8. The average Bonchev–Trinajstić information content (AvgIpc) is 3.50. The van der Waals surface area contributed by atoms with Crippen LogP contribution < -0.4 is 10.6 Å². The Morgan fingerprint density at radius 1 is 1.00 bits per heavy atom. The van der Waals surface area contributed by atoms with E-state index in [-0.39, 0.29) is 12.4 Å². The largest absolute Gasteiger partial charge is 0.461 e. The Morgan fingerprint density at radius 3 is 2.58 bits per heavy atom. The molecule has 4 aromatic rings. The molecule has 0 saturated carbocycles. The van der Waals surface area contributed by atoms with Crippen LogP contribution in [0, 0.1) is 0 Å². The molecule has 1 fully saturated rings. The van der Waals surface area contributed by atoms with Crippen molar-refractivity contribution in [1.29, 1.82) is 0 Å². The van der Waals surface area contributed by atoms with Crippen LogP contribution in [0.15, 0.2) is 59.2 Å². The molecule has 0 spiro atoms. The zero-order valence-electron chi connectivity index (χ0n) is 18.3. The summed E-state index contributed by atoms with van der Waals surface area (Å²) in [6.07, 6.45) is 2.63. The maximum atomic E-state index is 6.16. The van der Waals surface area contributed by atoms with E-state index >= 15 is 0 Å². The number of rotatable bonds is 8. The molecular weight excluding hydrogens is 442 g/mol. The van der Waals surface area contributed by atoms with Gasteiger partial charge in [0.25, 0.3) is 0 Å². The smallest absolute Gasteiger partial charge is 0.225 e. The van der Waals surface area contributed by atoms with Crippen LogP contribution in [0.1, 0.15) is 12.0 Å². The molecule has 1 aliphatic heterocycles. The van der Waals surface area contributed by atoms with Gasteiger partial charge in [-0.25, -0.2) is 4.98 Å². The summed E-state index contributed by atoms with van der Waals surface area (Å²) >= 11 is 0. The molecule has 1 saturated heterocycles. The highest BCUT2D eigenvalue weighted by Gasteiger charge is 2.20. The van der Waals surface area contributed by atoms with Gasteiger partial charge in [0.05, 0.1) is 12.9 Å². The van der Waals surface area contributed by atoms with E-state index in [2.05, 4.69) is 37.0 Å². The number of halogens is 1. The number of nitrogen functional groups attached to an aromatic ring is 1. The first-order chi connectivity index (χ1) is 15.8. The number of benzene rings is 1. The van der Waals surface area contributed by atoms with E-state index in [0.29, 0.717) is 29.8 Å². The van der Waals surface area contributed by atoms with Crippen LogP contribution >= 0.6 is 12.4 Å². The molecule has 0 unspecified atom stereocenters. The fourth-order valence-electron chi connectivity index (χ4n) is 3.93. The van der Waals surface area contributed by atoms with Crippen LogP contribution in [0.4, 0.5) is 11.8 Å². The lowest BCUT2D eigenvalue weighted by molar-refractivity contribution is 0.107. The highest BCUT2D eigenvalue weighted by atomic mass is 35.5. The van der Waals surface area contributed by atoms with Crippen LogP contribution in [-0.4, -0.2) is 63.8 Å². The summed E-state index contributed by atoms with van der Waals surface area (Å²) in [6.45, 7) is 6.24. The lowest BCUT2D eigenvalue weighted by atomic mass is 10.2. The van der Waals surface area contributed by atoms with Gasteiger partial charge in [-0.1, -0.05) is 30.3 Å². The van der Waals surface area contributed by atoms with E-state index in [1.165, 1.54) is 5.56 Å². The van der Waals surface area contributed by atoms with Crippen molar-refractivity contribution < 1.29 is 9.15 Å². The molecular formula is C23H28ClN7O2. The minimum Gasteiger partial charge on any atom is -0.461 e. The van der Waals surface area contributed by atoms with Gasteiger partial charge >= 0.3 is 0 Å². The molecule has 1 aromatic carbocycles. The van der Waals surface area contributed by atoms with Crippen molar-refractivity contribution in [2.24, 2.45) is 0 Å². The quantitative estimate of drug-likeness (QED) is 0.393. The van der Waals surface area contributed by atoms with Crippen molar-refractivity contribution >= 4 is 29.8 Å². The third-order valence-electron chi connectivity index (χ3n) is 5.65. The first kappa shape index (κ1) is 23.0. The molecule has 5 rings (SSSR count).